The molecule has 1 unspecified atom stereocenters. The number of benzene rings is 2. The summed E-state index contributed by atoms with van der Waals surface area (Å²) in [5.41, 5.74) is 8.14. The summed E-state index contributed by atoms with van der Waals surface area (Å²) in [4.78, 5) is 27.4. The molecule has 0 saturated heterocycles. The first-order valence-electron chi connectivity index (χ1n) is 12.4. The van der Waals surface area contributed by atoms with E-state index in [0.717, 1.165) is 36.4 Å². The highest BCUT2D eigenvalue weighted by molar-refractivity contribution is 6.06. The third-order valence-corrected chi connectivity index (χ3v) is 6.54. The van der Waals surface area contributed by atoms with Gasteiger partial charge in [-0.15, -0.1) is 0 Å². The summed E-state index contributed by atoms with van der Waals surface area (Å²) in [7, 11) is 2.29. The molecule has 206 valence electrons. The Kier molecular flexibility index (Phi) is 8.19. The van der Waals surface area contributed by atoms with Crippen LogP contribution in [0.3, 0.4) is 0 Å². The van der Waals surface area contributed by atoms with Crippen LogP contribution in [0.25, 0.3) is 0 Å². The molecule has 0 aliphatic carbocycles. The van der Waals surface area contributed by atoms with Crippen LogP contribution in [0.5, 0.6) is 5.75 Å². The van der Waals surface area contributed by atoms with Crippen molar-refractivity contribution in [3.63, 3.8) is 0 Å². The largest absolute Gasteiger partial charge is 0.486 e. The number of ether oxygens (including phenoxy) is 3. The number of allylic oxidation sites excluding steroid dienone is 1. The van der Waals surface area contributed by atoms with Gasteiger partial charge in [-0.1, -0.05) is 30.3 Å². The van der Waals surface area contributed by atoms with Gasteiger partial charge in [0.05, 0.1) is 48.7 Å². The Morgan fingerprint density at radius 3 is 2.40 bits per heavy atom. The second kappa shape index (κ2) is 11.7. The van der Waals surface area contributed by atoms with Gasteiger partial charge in [0.2, 0.25) is 0 Å². The fourth-order valence-corrected chi connectivity index (χ4v) is 4.55. The number of hydrogen-bond acceptors (Lipinski definition) is 9. The zero-order chi connectivity index (χ0) is 29.0. The number of nitrogens with two attached hydrogens (primary N) is 1. The molecular formula is C29H28FN5O5. The van der Waals surface area contributed by atoms with Crippen LogP contribution < -0.4 is 15.4 Å². The van der Waals surface area contributed by atoms with E-state index in [0.29, 0.717) is 12.1 Å². The molecule has 40 heavy (non-hydrogen) atoms. The van der Waals surface area contributed by atoms with E-state index in [1.54, 1.807) is 35.0 Å². The highest BCUT2D eigenvalue weighted by Crippen LogP contribution is 2.43. The van der Waals surface area contributed by atoms with Crippen LogP contribution in [0.1, 0.15) is 29.7 Å². The molecule has 1 aliphatic rings. The minimum Gasteiger partial charge on any atom is -0.486 e. The van der Waals surface area contributed by atoms with Crippen molar-refractivity contribution in [3.8, 4) is 11.8 Å². The third kappa shape index (κ3) is 5.11. The predicted octanol–water partition coefficient (Wildman–Crippen LogP) is 3.83. The number of esters is 2. The van der Waals surface area contributed by atoms with E-state index in [2.05, 4.69) is 11.2 Å². The summed E-state index contributed by atoms with van der Waals surface area (Å²) >= 11 is 0. The smallest absolute Gasteiger partial charge is 0.355 e. The van der Waals surface area contributed by atoms with Gasteiger partial charge in [-0.25, -0.2) is 14.0 Å². The summed E-state index contributed by atoms with van der Waals surface area (Å²) in [6.07, 6.45) is 1.83. The normalized spacial score (nSPS) is 15.1. The molecule has 11 heteroatoms. The number of halogens is 1. The van der Waals surface area contributed by atoms with Crippen LogP contribution in [0.2, 0.25) is 0 Å². The average Bonchev–Trinajstić information content (AvgIpc) is 3.34. The molecule has 2 heterocycles. The minimum absolute atomic E-state index is 0.0246. The molecule has 0 spiro atoms. The van der Waals surface area contributed by atoms with E-state index in [4.69, 9.17) is 19.9 Å². The van der Waals surface area contributed by atoms with Crippen LogP contribution in [0.15, 0.2) is 77.4 Å². The molecule has 0 fully saturated rings. The Hall–Kier alpha value is -5.11. The molecule has 0 bridgehead atoms. The molecule has 10 nitrogen and oxygen atoms in total. The molecule has 3 aromatic rings. The number of rotatable bonds is 8. The van der Waals surface area contributed by atoms with Gasteiger partial charge in [0.25, 0.3) is 0 Å². The molecule has 4 rings (SSSR count). The number of anilines is 1. The number of aryl methyl sites for hydroxylation is 2. The van der Waals surface area contributed by atoms with E-state index >= 15 is 4.39 Å². The first kappa shape index (κ1) is 27.9. The number of carbonyl (C=O) groups excluding carboxylic acids is 2. The summed E-state index contributed by atoms with van der Waals surface area (Å²) in [5, 5.41) is 14.5. The van der Waals surface area contributed by atoms with Crippen molar-refractivity contribution in [2.75, 3.05) is 19.1 Å². The van der Waals surface area contributed by atoms with Crippen LogP contribution in [0.4, 0.5) is 10.1 Å². The molecule has 1 aromatic heterocycles. The topological polar surface area (TPSA) is 133 Å². The van der Waals surface area contributed by atoms with Gasteiger partial charge in [0.1, 0.15) is 18.1 Å². The molecule has 2 N–H and O–H groups in total. The monoisotopic (exact) mass is 545 g/mol. The molecule has 0 amide bonds. The predicted molar refractivity (Wildman–Crippen MR) is 143 cm³/mol. The lowest BCUT2D eigenvalue weighted by Crippen LogP contribution is -2.40. The van der Waals surface area contributed by atoms with E-state index in [9.17, 15) is 14.9 Å². The SMILES string of the molecule is CCn1cc(COc2ccc(N3C(N)=C(C#N)C(c4ccccc4)C(C(=O)OC)=C3C(=O)OC)cc2F)c(C)n1. The second-order valence-corrected chi connectivity index (χ2v) is 8.83. The number of hydrogen-bond donors (Lipinski definition) is 1. The fraction of sp³-hybridized carbons (Fsp3) is 0.241. The van der Waals surface area contributed by atoms with Crippen molar-refractivity contribution in [3.05, 3.63) is 100 Å². The summed E-state index contributed by atoms with van der Waals surface area (Å²) in [6.45, 7) is 4.57. The number of nitrogens with zero attached hydrogens (tertiary/aromatic N) is 4. The molecule has 1 atom stereocenters. The Balaban J connectivity index is 1.82. The quantitative estimate of drug-likeness (QED) is 0.419. The van der Waals surface area contributed by atoms with Crippen molar-refractivity contribution in [1.82, 2.24) is 9.78 Å². The van der Waals surface area contributed by atoms with Crippen molar-refractivity contribution in [2.45, 2.75) is 32.9 Å². The molecule has 0 radical (unpaired) electrons. The van der Waals surface area contributed by atoms with Crippen molar-refractivity contribution < 1.29 is 28.2 Å². The molecule has 1 aliphatic heterocycles. The number of aromatic nitrogens is 2. The summed E-state index contributed by atoms with van der Waals surface area (Å²) < 4.78 is 32.8. The number of carbonyl (C=O) groups is 2. The Morgan fingerprint density at radius 1 is 1.12 bits per heavy atom. The zero-order valence-electron chi connectivity index (χ0n) is 22.5. The Bertz CT molecular complexity index is 1550. The van der Waals surface area contributed by atoms with Gasteiger partial charge < -0.3 is 19.9 Å². The average molecular weight is 546 g/mol. The summed E-state index contributed by atoms with van der Waals surface area (Å²) in [6, 6.07) is 14.6. The Morgan fingerprint density at radius 2 is 1.82 bits per heavy atom. The van der Waals surface area contributed by atoms with Crippen molar-refractivity contribution >= 4 is 17.6 Å². The lowest BCUT2D eigenvalue weighted by Gasteiger charge is -2.35. The van der Waals surface area contributed by atoms with Crippen LogP contribution in [-0.2, 0) is 32.2 Å². The van der Waals surface area contributed by atoms with Gasteiger partial charge in [0.15, 0.2) is 11.6 Å². The summed E-state index contributed by atoms with van der Waals surface area (Å²) in [5.74, 6) is -3.79. The maximum Gasteiger partial charge on any atom is 0.355 e. The number of methoxy groups -OCH3 is 2. The number of nitriles is 1. The van der Waals surface area contributed by atoms with E-state index in [-0.39, 0.29) is 40.7 Å². The highest BCUT2D eigenvalue weighted by atomic mass is 19.1. The van der Waals surface area contributed by atoms with Crippen LogP contribution in [0, 0.1) is 24.1 Å². The van der Waals surface area contributed by atoms with E-state index < -0.39 is 23.7 Å². The van der Waals surface area contributed by atoms with Gasteiger partial charge in [-0.2, -0.15) is 10.4 Å². The van der Waals surface area contributed by atoms with E-state index in [1.165, 1.54) is 12.1 Å². The molecule has 0 saturated carbocycles. The van der Waals surface area contributed by atoms with Gasteiger partial charge in [-0.3, -0.25) is 9.58 Å². The zero-order valence-corrected chi connectivity index (χ0v) is 22.5. The first-order valence-corrected chi connectivity index (χ1v) is 12.4. The fourth-order valence-electron chi connectivity index (χ4n) is 4.55. The minimum atomic E-state index is -1.02. The molecule has 2 aromatic carbocycles. The maximum atomic E-state index is 15.3. The first-order chi connectivity index (χ1) is 19.2. The standard InChI is InChI=1S/C29H28FN5O5/c1-5-34-15-19(17(2)33-34)16-40-23-12-11-20(13-22(23)30)35-26(29(37)39-4)25(28(36)38-3)24(21(14-31)27(35)32)18-9-7-6-8-10-18/h6-13,15,24H,5,16,32H2,1-4H3. The lowest BCUT2D eigenvalue weighted by molar-refractivity contribution is -0.139. The van der Waals surface area contributed by atoms with E-state index in [1.807, 2.05) is 20.0 Å². The Labute approximate surface area is 230 Å². The van der Waals surface area contributed by atoms with Crippen LogP contribution in [-0.4, -0.2) is 35.9 Å². The van der Waals surface area contributed by atoms with Crippen LogP contribution >= 0.6 is 0 Å². The van der Waals surface area contributed by atoms with Crippen molar-refractivity contribution in [2.24, 2.45) is 5.73 Å². The van der Waals surface area contributed by atoms with Gasteiger partial charge in [-0.05, 0) is 31.5 Å². The van der Waals surface area contributed by atoms with Crippen molar-refractivity contribution in [1.29, 1.82) is 5.26 Å². The second-order valence-electron chi connectivity index (χ2n) is 8.83. The third-order valence-electron chi connectivity index (χ3n) is 6.54. The molecular weight excluding hydrogens is 517 g/mol. The maximum absolute atomic E-state index is 15.3. The lowest BCUT2D eigenvalue weighted by atomic mass is 9.81. The highest BCUT2D eigenvalue weighted by Gasteiger charge is 2.43. The van der Waals surface area contributed by atoms with Gasteiger partial charge >= 0.3 is 11.9 Å². The van der Waals surface area contributed by atoms with Gasteiger partial charge in [0, 0.05) is 24.4 Å².